The number of carboxylic acids is 1. The molecular formula is C21H24N2O3. The summed E-state index contributed by atoms with van der Waals surface area (Å²) in [6, 6.07) is 18.8. The molecule has 2 aromatic rings. The van der Waals surface area contributed by atoms with E-state index < -0.39 is 5.97 Å². The molecule has 1 heterocycles. The van der Waals surface area contributed by atoms with Crippen LogP contribution in [-0.2, 0) is 11.3 Å². The van der Waals surface area contributed by atoms with Crippen LogP contribution in [-0.4, -0.2) is 52.0 Å². The first-order chi connectivity index (χ1) is 12.5. The second-order valence-corrected chi connectivity index (χ2v) is 6.86. The molecule has 1 aliphatic heterocycles. The number of aliphatic carboxylic acids is 1. The quantitative estimate of drug-likeness (QED) is 0.899. The van der Waals surface area contributed by atoms with Gasteiger partial charge in [-0.2, -0.15) is 0 Å². The Hall–Kier alpha value is -2.66. The molecule has 0 aliphatic carbocycles. The Morgan fingerprint density at radius 1 is 1.00 bits per heavy atom. The van der Waals surface area contributed by atoms with Gasteiger partial charge in [-0.3, -0.25) is 14.5 Å². The number of hydrogen-bond acceptors (Lipinski definition) is 3. The van der Waals surface area contributed by atoms with E-state index in [4.69, 9.17) is 0 Å². The summed E-state index contributed by atoms with van der Waals surface area (Å²) in [4.78, 5) is 28.4. The molecule has 2 atom stereocenters. The summed E-state index contributed by atoms with van der Waals surface area (Å²) in [7, 11) is 0. The van der Waals surface area contributed by atoms with E-state index in [0.717, 1.165) is 13.1 Å². The van der Waals surface area contributed by atoms with Crippen molar-refractivity contribution in [1.29, 1.82) is 0 Å². The van der Waals surface area contributed by atoms with Crippen molar-refractivity contribution in [1.82, 2.24) is 9.80 Å². The molecule has 1 fully saturated rings. The van der Waals surface area contributed by atoms with E-state index in [9.17, 15) is 14.7 Å². The highest BCUT2D eigenvalue weighted by atomic mass is 16.4. The van der Waals surface area contributed by atoms with Crippen molar-refractivity contribution in [3.8, 4) is 0 Å². The topological polar surface area (TPSA) is 60.9 Å². The van der Waals surface area contributed by atoms with Gasteiger partial charge in [0.2, 0.25) is 0 Å². The highest BCUT2D eigenvalue weighted by Gasteiger charge is 2.36. The average Bonchev–Trinajstić information content (AvgIpc) is 2.62. The van der Waals surface area contributed by atoms with Crippen molar-refractivity contribution < 1.29 is 14.7 Å². The summed E-state index contributed by atoms with van der Waals surface area (Å²) in [5.41, 5.74) is 1.79. The van der Waals surface area contributed by atoms with E-state index in [-0.39, 0.29) is 24.4 Å². The van der Waals surface area contributed by atoms with Gasteiger partial charge in [-0.15, -0.1) is 0 Å². The van der Waals surface area contributed by atoms with Crippen LogP contribution >= 0.6 is 0 Å². The monoisotopic (exact) mass is 352 g/mol. The van der Waals surface area contributed by atoms with Crippen LogP contribution in [0.2, 0.25) is 0 Å². The number of carbonyl (C=O) groups excluding carboxylic acids is 1. The summed E-state index contributed by atoms with van der Waals surface area (Å²) >= 11 is 0. The van der Waals surface area contributed by atoms with Gasteiger partial charge in [0.05, 0.1) is 12.5 Å². The number of hydrogen-bond donors (Lipinski definition) is 1. The minimum atomic E-state index is -0.880. The Labute approximate surface area is 153 Å². The first-order valence-corrected chi connectivity index (χ1v) is 8.90. The molecule has 0 saturated carbocycles. The van der Waals surface area contributed by atoms with Gasteiger partial charge in [-0.1, -0.05) is 48.5 Å². The van der Waals surface area contributed by atoms with Gasteiger partial charge >= 0.3 is 5.97 Å². The number of benzene rings is 2. The van der Waals surface area contributed by atoms with Crippen molar-refractivity contribution in [2.24, 2.45) is 0 Å². The Bertz CT molecular complexity index is 748. The number of rotatable bonds is 5. The predicted octanol–water partition coefficient (Wildman–Crippen LogP) is 2.88. The molecule has 2 aromatic carbocycles. The maximum Gasteiger partial charge on any atom is 0.305 e. The standard InChI is InChI=1S/C21H24N2O3/c1-16-13-22(14-17-8-4-2-5-9-17)15-19(12-20(24)25)23(16)21(26)18-10-6-3-7-11-18/h2-11,16,19H,12-15H2,1H3,(H,24,25)/t16-,19-/m0/s1. The van der Waals surface area contributed by atoms with E-state index in [2.05, 4.69) is 17.0 Å². The molecular weight excluding hydrogens is 328 g/mol. The van der Waals surface area contributed by atoms with Gasteiger partial charge in [-0.25, -0.2) is 0 Å². The molecule has 1 aliphatic rings. The molecule has 0 unspecified atom stereocenters. The molecule has 0 aromatic heterocycles. The van der Waals surface area contributed by atoms with E-state index in [1.165, 1.54) is 5.56 Å². The van der Waals surface area contributed by atoms with Gasteiger partial charge in [0, 0.05) is 31.2 Å². The highest BCUT2D eigenvalue weighted by molar-refractivity contribution is 5.95. The average molecular weight is 352 g/mol. The zero-order chi connectivity index (χ0) is 18.5. The van der Waals surface area contributed by atoms with E-state index >= 15 is 0 Å². The molecule has 5 nitrogen and oxygen atoms in total. The summed E-state index contributed by atoms with van der Waals surface area (Å²) in [5.74, 6) is -0.974. The zero-order valence-corrected chi connectivity index (χ0v) is 14.9. The van der Waals surface area contributed by atoms with Crippen molar-refractivity contribution >= 4 is 11.9 Å². The Morgan fingerprint density at radius 3 is 2.23 bits per heavy atom. The molecule has 0 radical (unpaired) electrons. The predicted molar refractivity (Wildman–Crippen MR) is 99.8 cm³/mol. The second-order valence-electron chi connectivity index (χ2n) is 6.86. The van der Waals surface area contributed by atoms with Crippen molar-refractivity contribution in [3.63, 3.8) is 0 Å². The summed E-state index contributed by atoms with van der Waals surface area (Å²) < 4.78 is 0. The Morgan fingerprint density at radius 2 is 1.62 bits per heavy atom. The molecule has 1 saturated heterocycles. The van der Waals surface area contributed by atoms with Crippen LogP contribution in [0, 0.1) is 0 Å². The van der Waals surface area contributed by atoms with Crippen LogP contribution in [0.5, 0.6) is 0 Å². The van der Waals surface area contributed by atoms with Gasteiger partial charge in [-0.05, 0) is 24.6 Å². The van der Waals surface area contributed by atoms with Crippen LogP contribution < -0.4 is 0 Å². The lowest BCUT2D eigenvalue weighted by atomic mass is 10.0. The molecule has 3 rings (SSSR count). The van der Waals surface area contributed by atoms with Crippen LogP contribution in [0.25, 0.3) is 0 Å². The van der Waals surface area contributed by atoms with Crippen molar-refractivity contribution in [3.05, 3.63) is 71.8 Å². The highest BCUT2D eigenvalue weighted by Crippen LogP contribution is 2.23. The first-order valence-electron chi connectivity index (χ1n) is 8.90. The number of amides is 1. The lowest BCUT2D eigenvalue weighted by Crippen LogP contribution is -2.59. The number of carbonyl (C=O) groups is 2. The molecule has 5 heteroatoms. The number of carboxylic acid groups (broad SMARTS) is 1. The van der Waals surface area contributed by atoms with Gasteiger partial charge in [0.25, 0.3) is 5.91 Å². The first kappa shape index (κ1) is 18.1. The fourth-order valence-electron chi connectivity index (χ4n) is 3.71. The Balaban J connectivity index is 1.79. The van der Waals surface area contributed by atoms with Crippen molar-refractivity contribution in [2.75, 3.05) is 13.1 Å². The SMILES string of the molecule is C[C@H]1CN(Cc2ccccc2)C[C@H](CC(=O)O)N1C(=O)c1ccccc1. The summed E-state index contributed by atoms with van der Waals surface area (Å²) in [6.45, 7) is 4.04. The largest absolute Gasteiger partial charge is 0.481 e. The lowest BCUT2D eigenvalue weighted by molar-refractivity contribution is -0.139. The fraction of sp³-hybridized carbons (Fsp3) is 0.333. The lowest BCUT2D eigenvalue weighted by Gasteiger charge is -2.45. The zero-order valence-electron chi connectivity index (χ0n) is 14.9. The van der Waals surface area contributed by atoms with E-state index in [0.29, 0.717) is 12.1 Å². The van der Waals surface area contributed by atoms with Crippen LogP contribution in [0.3, 0.4) is 0 Å². The maximum atomic E-state index is 13.0. The van der Waals surface area contributed by atoms with E-state index in [1.807, 2.05) is 43.3 Å². The second kappa shape index (κ2) is 8.15. The molecule has 1 N–H and O–H groups in total. The molecule has 0 spiro atoms. The third kappa shape index (κ3) is 4.29. The smallest absolute Gasteiger partial charge is 0.305 e. The number of piperazine rings is 1. The Kier molecular flexibility index (Phi) is 5.68. The minimum absolute atomic E-state index is 0.0474. The van der Waals surface area contributed by atoms with Crippen LogP contribution in [0.1, 0.15) is 29.3 Å². The normalized spacial score (nSPS) is 20.7. The van der Waals surface area contributed by atoms with Crippen LogP contribution in [0.15, 0.2) is 60.7 Å². The number of nitrogens with zero attached hydrogens (tertiary/aromatic N) is 2. The summed E-state index contributed by atoms with van der Waals surface area (Å²) in [6.07, 6.45) is -0.0474. The third-order valence-corrected chi connectivity index (χ3v) is 4.77. The molecule has 0 bridgehead atoms. The fourth-order valence-corrected chi connectivity index (χ4v) is 3.71. The maximum absolute atomic E-state index is 13.0. The molecule has 136 valence electrons. The van der Waals surface area contributed by atoms with Gasteiger partial charge in [0.1, 0.15) is 0 Å². The molecule has 1 amide bonds. The molecule has 26 heavy (non-hydrogen) atoms. The van der Waals surface area contributed by atoms with Crippen molar-refractivity contribution in [2.45, 2.75) is 32.0 Å². The minimum Gasteiger partial charge on any atom is -0.481 e. The van der Waals surface area contributed by atoms with Gasteiger partial charge < -0.3 is 10.0 Å². The van der Waals surface area contributed by atoms with Crippen LogP contribution in [0.4, 0.5) is 0 Å². The third-order valence-electron chi connectivity index (χ3n) is 4.77. The van der Waals surface area contributed by atoms with Gasteiger partial charge in [0.15, 0.2) is 0 Å². The summed E-state index contributed by atoms with van der Waals surface area (Å²) in [5, 5.41) is 9.34. The van der Waals surface area contributed by atoms with E-state index in [1.54, 1.807) is 17.0 Å².